The summed E-state index contributed by atoms with van der Waals surface area (Å²) < 4.78 is 1.90. The van der Waals surface area contributed by atoms with Gasteiger partial charge in [-0.1, -0.05) is 18.2 Å². The standard InChI is InChI=1S/C18H22N4O2/c1-12-16(11-20-18(24)14-8-9-17(23)19-10-14)13(2)22(21-12)15-6-4-3-5-7-15/h3-7,14H,8-11H2,1-2H3,(H,19,23)(H,20,24)/t14-/m0/s1. The fourth-order valence-electron chi connectivity index (χ4n) is 3.03. The lowest BCUT2D eigenvalue weighted by Crippen LogP contribution is -2.42. The SMILES string of the molecule is Cc1nn(-c2ccccc2)c(C)c1CNC(=O)[C@H]1CCC(=O)NC1. The van der Waals surface area contributed by atoms with E-state index in [1.165, 1.54) is 0 Å². The van der Waals surface area contributed by atoms with E-state index >= 15 is 0 Å². The molecule has 2 amide bonds. The van der Waals surface area contributed by atoms with Gasteiger partial charge in [0.05, 0.1) is 17.3 Å². The molecular weight excluding hydrogens is 304 g/mol. The molecule has 1 aromatic heterocycles. The lowest BCUT2D eigenvalue weighted by atomic mass is 9.98. The minimum atomic E-state index is -0.146. The number of carbonyl (C=O) groups is 2. The first-order chi connectivity index (χ1) is 11.6. The first kappa shape index (κ1) is 16.2. The number of hydrogen-bond acceptors (Lipinski definition) is 3. The molecule has 3 rings (SSSR count). The summed E-state index contributed by atoms with van der Waals surface area (Å²) in [6.45, 7) is 4.84. The number of benzene rings is 1. The average Bonchev–Trinajstić information content (AvgIpc) is 2.88. The van der Waals surface area contributed by atoms with Crippen molar-refractivity contribution in [2.45, 2.75) is 33.2 Å². The molecule has 2 heterocycles. The number of aromatic nitrogens is 2. The molecule has 0 bridgehead atoms. The van der Waals surface area contributed by atoms with Gasteiger partial charge in [0, 0.05) is 30.8 Å². The highest BCUT2D eigenvalue weighted by Crippen LogP contribution is 2.18. The van der Waals surface area contributed by atoms with E-state index in [4.69, 9.17) is 0 Å². The zero-order valence-corrected chi connectivity index (χ0v) is 14.0. The first-order valence-electron chi connectivity index (χ1n) is 8.21. The number of hydrogen-bond donors (Lipinski definition) is 2. The van der Waals surface area contributed by atoms with Crippen LogP contribution in [0.4, 0.5) is 0 Å². The van der Waals surface area contributed by atoms with Crippen LogP contribution < -0.4 is 10.6 Å². The summed E-state index contributed by atoms with van der Waals surface area (Å²) in [7, 11) is 0. The van der Waals surface area contributed by atoms with Crippen LogP contribution in [0.25, 0.3) is 5.69 Å². The Morgan fingerprint density at radius 1 is 1.33 bits per heavy atom. The summed E-state index contributed by atoms with van der Waals surface area (Å²) in [6.07, 6.45) is 1.03. The van der Waals surface area contributed by atoms with Crippen molar-refractivity contribution in [3.05, 3.63) is 47.3 Å². The topological polar surface area (TPSA) is 76.0 Å². The number of rotatable bonds is 4. The fraction of sp³-hybridized carbons (Fsp3) is 0.389. The van der Waals surface area contributed by atoms with Crippen LogP contribution in [0.1, 0.15) is 29.8 Å². The van der Waals surface area contributed by atoms with Crippen LogP contribution in [0.2, 0.25) is 0 Å². The highest BCUT2D eigenvalue weighted by atomic mass is 16.2. The van der Waals surface area contributed by atoms with E-state index in [2.05, 4.69) is 15.7 Å². The Bertz CT molecular complexity index is 742. The Balaban J connectivity index is 1.69. The van der Waals surface area contributed by atoms with Crippen LogP contribution in [0.15, 0.2) is 30.3 Å². The third kappa shape index (κ3) is 3.32. The molecule has 1 atom stereocenters. The monoisotopic (exact) mass is 326 g/mol. The number of piperidine rings is 1. The van der Waals surface area contributed by atoms with E-state index in [1.54, 1.807) is 0 Å². The van der Waals surface area contributed by atoms with E-state index in [0.717, 1.165) is 22.6 Å². The summed E-state index contributed by atoms with van der Waals surface area (Å²) in [4.78, 5) is 23.5. The van der Waals surface area contributed by atoms with Crippen LogP contribution in [0.3, 0.4) is 0 Å². The Labute approximate surface area is 141 Å². The molecular formula is C18H22N4O2. The quantitative estimate of drug-likeness (QED) is 0.897. The predicted octanol–water partition coefficient (Wildman–Crippen LogP) is 1.63. The number of carbonyl (C=O) groups excluding carboxylic acids is 2. The molecule has 1 fully saturated rings. The summed E-state index contributed by atoms with van der Waals surface area (Å²) >= 11 is 0. The fourth-order valence-corrected chi connectivity index (χ4v) is 3.03. The number of para-hydroxylation sites is 1. The summed E-state index contributed by atoms with van der Waals surface area (Å²) in [5.41, 5.74) is 3.97. The molecule has 1 aromatic carbocycles. The molecule has 6 heteroatoms. The largest absolute Gasteiger partial charge is 0.355 e. The highest BCUT2D eigenvalue weighted by Gasteiger charge is 2.24. The summed E-state index contributed by atoms with van der Waals surface area (Å²) in [5, 5.41) is 10.3. The number of aryl methyl sites for hydroxylation is 1. The summed E-state index contributed by atoms with van der Waals surface area (Å²) in [5.74, 6) is -0.136. The van der Waals surface area contributed by atoms with Gasteiger partial charge in [-0.3, -0.25) is 9.59 Å². The van der Waals surface area contributed by atoms with Crippen LogP contribution in [-0.4, -0.2) is 28.1 Å². The van der Waals surface area contributed by atoms with Gasteiger partial charge in [0.2, 0.25) is 11.8 Å². The van der Waals surface area contributed by atoms with E-state index in [-0.39, 0.29) is 17.7 Å². The van der Waals surface area contributed by atoms with Gasteiger partial charge in [-0.15, -0.1) is 0 Å². The number of nitrogens with zero attached hydrogens (tertiary/aromatic N) is 2. The van der Waals surface area contributed by atoms with Gasteiger partial charge in [0.1, 0.15) is 0 Å². The van der Waals surface area contributed by atoms with Crippen molar-refractivity contribution in [1.29, 1.82) is 0 Å². The maximum Gasteiger partial charge on any atom is 0.225 e. The maximum absolute atomic E-state index is 12.3. The van der Waals surface area contributed by atoms with Crippen LogP contribution in [-0.2, 0) is 16.1 Å². The third-order valence-electron chi connectivity index (χ3n) is 4.52. The highest BCUT2D eigenvalue weighted by molar-refractivity contribution is 5.83. The second kappa shape index (κ2) is 6.86. The van der Waals surface area contributed by atoms with E-state index in [1.807, 2.05) is 48.9 Å². The van der Waals surface area contributed by atoms with Gasteiger partial charge in [-0.25, -0.2) is 4.68 Å². The van der Waals surface area contributed by atoms with Crippen LogP contribution in [0, 0.1) is 19.8 Å². The van der Waals surface area contributed by atoms with Crippen LogP contribution in [0.5, 0.6) is 0 Å². The lowest BCUT2D eigenvalue weighted by molar-refractivity contribution is -0.129. The molecule has 0 radical (unpaired) electrons. The molecule has 6 nitrogen and oxygen atoms in total. The first-order valence-corrected chi connectivity index (χ1v) is 8.21. The van der Waals surface area contributed by atoms with Crippen molar-refractivity contribution in [1.82, 2.24) is 20.4 Å². The van der Waals surface area contributed by atoms with E-state index in [0.29, 0.717) is 25.9 Å². The Hall–Kier alpha value is -2.63. The molecule has 24 heavy (non-hydrogen) atoms. The van der Waals surface area contributed by atoms with Gasteiger partial charge in [0.15, 0.2) is 0 Å². The second-order valence-electron chi connectivity index (χ2n) is 6.15. The van der Waals surface area contributed by atoms with E-state index in [9.17, 15) is 9.59 Å². The molecule has 0 unspecified atom stereocenters. The molecule has 1 saturated heterocycles. The van der Waals surface area contributed by atoms with Gasteiger partial charge in [-0.2, -0.15) is 5.10 Å². The molecule has 126 valence electrons. The normalized spacial score (nSPS) is 17.4. The van der Waals surface area contributed by atoms with Crippen molar-refractivity contribution in [3.63, 3.8) is 0 Å². The molecule has 0 saturated carbocycles. The minimum absolute atomic E-state index is 0.0127. The van der Waals surface area contributed by atoms with Crippen molar-refractivity contribution in [2.75, 3.05) is 6.54 Å². The van der Waals surface area contributed by atoms with E-state index < -0.39 is 0 Å². The molecule has 0 aliphatic carbocycles. The number of nitrogens with one attached hydrogen (secondary N) is 2. The van der Waals surface area contributed by atoms with Gasteiger partial charge >= 0.3 is 0 Å². The zero-order valence-electron chi connectivity index (χ0n) is 14.0. The zero-order chi connectivity index (χ0) is 17.1. The van der Waals surface area contributed by atoms with Gasteiger partial charge in [0.25, 0.3) is 0 Å². The average molecular weight is 326 g/mol. The lowest BCUT2D eigenvalue weighted by Gasteiger charge is -2.21. The van der Waals surface area contributed by atoms with Gasteiger partial charge < -0.3 is 10.6 Å². The summed E-state index contributed by atoms with van der Waals surface area (Å²) in [6, 6.07) is 9.94. The maximum atomic E-state index is 12.3. The molecule has 2 aromatic rings. The minimum Gasteiger partial charge on any atom is -0.355 e. The van der Waals surface area contributed by atoms with Crippen LogP contribution >= 0.6 is 0 Å². The van der Waals surface area contributed by atoms with Gasteiger partial charge in [-0.05, 0) is 32.4 Å². The van der Waals surface area contributed by atoms with Crippen molar-refractivity contribution < 1.29 is 9.59 Å². The Morgan fingerprint density at radius 2 is 2.08 bits per heavy atom. The smallest absolute Gasteiger partial charge is 0.225 e. The Kier molecular flexibility index (Phi) is 4.64. The second-order valence-corrected chi connectivity index (χ2v) is 6.15. The third-order valence-corrected chi connectivity index (χ3v) is 4.52. The molecule has 0 spiro atoms. The van der Waals surface area contributed by atoms with Crippen molar-refractivity contribution in [3.8, 4) is 5.69 Å². The Morgan fingerprint density at radius 3 is 2.75 bits per heavy atom. The predicted molar refractivity (Wildman–Crippen MR) is 90.6 cm³/mol. The van der Waals surface area contributed by atoms with Crippen molar-refractivity contribution >= 4 is 11.8 Å². The molecule has 2 N–H and O–H groups in total. The molecule has 1 aliphatic rings. The molecule has 1 aliphatic heterocycles. The number of amides is 2. The van der Waals surface area contributed by atoms with Crippen molar-refractivity contribution in [2.24, 2.45) is 5.92 Å².